The van der Waals surface area contributed by atoms with Gasteiger partial charge in [-0.2, -0.15) is 0 Å². The van der Waals surface area contributed by atoms with E-state index in [1.165, 1.54) is 12.1 Å². The van der Waals surface area contributed by atoms with E-state index >= 15 is 0 Å². The summed E-state index contributed by atoms with van der Waals surface area (Å²) in [5.74, 6) is 0.0610. The first kappa shape index (κ1) is 16.5. The van der Waals surface area contributed by atoms with E-state index in [1.54, 1.807) is 24.1 Å². The molecular weight excluding hydrogens is 307 g/mol. The fourth-order valence-corrected chi connectivity index (χ4v) is 3.14. The molecule has 3 rings (SSSR count). The first-order chi connectivity index (χ1) is 11.6. The van der Waals surface area contributed by atoms with Crippen LogP contribution in [-0.2, 0) is 0 Å². The molecule has 0 N–H and O–H groups in total. The number of carbonyl (C=O) groups is 1. The van der Waals surface area contributed by atoms with Gasteiger partial charge in [0.15, 0.2) is 0 Å². The number of para-hydroxylation sites is 1. The fraction of sp³-hybridized carbons (Fsp3) is 0.316. The molecule has 0 spiro atoms. The van der Waals surface area contributed by atoms with E-state index in [2.05, 4.69) is 4.90 Å². The molecular formula is C19H21FN2O2. The van der Waals surface area contributed by atoms with Gasteiger partial charge < -0.3 is 9.64 Å². The van der Waals surface area contributed by atoms with Crippen molar-refractivity contribution in [2.45, 2.75) is 6.04 Å². The Balaban J connectivity index is 1.86. The van der Waals surface area contributed by atoms with Gasteiger partial charge >= 0.3 is 0 Å². The van der Waals surface area contributed by atoms with Crippen LogP contribution in [0.15, 0.2) is 48.5 Å². The van der Waals surface area contributed by atoms with Gasteiger partial charge in [0, 0.05) is 25.2 Å². The molecule has 0 aromatic heterocycles. The van der Waals surface area contributed by atoms with E-state index in [9.17, 15) is 9.18 Å². The SMILES string of the molecule is COc1ccccc1C1CN(C(=O)c2ccccc2F)CCN1C. The van der Waals surface area contributed by atoms with Crippen molar-refractivity contribution in [3.63, 3.8) is 0 Å². The van der Waals surface area contributed by atoms with Crippen LogP contribution < -0.4 is 4.74 Å². The van der Waals surface area contributed by atoms with Gasteiger partial charge in [0.1, 0.15) is 11.6 Å². The van der Waals surface area contributed by atoms with Crippen LogP contribution in [-0.4, -0.2) is 49.5 Å². The van der Waals surface area contributed by atoms with Crippen LogP contribution in [0.4, 0.5) is 4.39 Å². The molecule has 4 nitrogen and oxygen atoms in total. The second-order valence-corrected chi connectivity index (χ2v) is 5.97. The largest absolute Gasteiger partial charge is 0.496 e. The number of amides is 1. The van der Waals surface area contributed by atoms with Crippen LogP contribution in [0, 0.1) is 5.82 Å². The van der Waals surface area contributed by atoms with E-state index in [0.717, 1.165) is 17.9 Å². The Morgan fingerprint density at radius 3 is 2.58 bits per heavy atom. The van der Waals surface area contributed by atoms with Crippen molar-refractivity contribution in [2.24, 2.45) is 0 Å². The number of likely N-dealkylation sites (N-methyl/N-ethyl adjacent to an activating group) is 1. The lowest BCUT2D eigenvalue weighted by atomic mass is 10.0. The molecule has 126 valence electrons. The maximum absolute atomic E-state index is 13.9. The number of piperazine rings is 1. The van der Waals surface area contributed by atoms with Crippen molar-refractivity contribution in [2.75, 3.05) is 33.8 Å². The number of hydrogen-bond acceptors (Lipinski definition) is 3. The van der Waals surface area contributed by atoms with Crippen LogP contribution in [0.3, 0.4) is 0 Å². The molecule has 1 fully saturated rings. The minimum atomic E-state index is -0.477. The van der Waals surface area contributed by atoms with Gasteiger partial charge in [0.2, 0.25) is 0 Å². The summed E-state index contributed by atoms with van der Waals surface area (Å²) in [6.45, 7) is 1.81. The lowest BCUT2D eigenvalue weighted by Crippen LogP contribution is -2.49. The predicted molar refractivity (Wildman–Crippen MR) is 90.7 cm³/mol. The quantitative estimate of drug-likeness (QED) is 0.868. The molecule has 0 saturated carbocycles. The Morgan fingerprint density at radius 1 is 1.12 bits per heavy atom. The zero-order valence-electron chi connectivity index (χ0n) is 13.9. The summed E-state index contributed by atoms with van der Waals surface area (Å²) in [5, 5.41) is 0. The number of methoxy groups -OCH3 is 1. The normalized spacial score (nSPS) is 18.5. The number of benzene rings is 2. The highest BCUT2D eigenvalue weighted by Gasteiger charge is 2.31. The standard InChI is InChI=1S/C19H21FN2O2/c1-21-11-12-22(19(23)14-7-3-5-9-16(14)20)13-17(21)15-8-4-6-10-18(15)24-2/h3-10,17H,11-13H2,1-2H3. The highest BCUT2D eigenvalue weighted by molar-refractivity contribution is 5.94. The van der Waals surface area contributed by atoms with E-state index in [-0.39, 0.29) is 17.5 Å². The molecule has 5 heteroatoms. The molecule has 1 aliphatic heterocycles. The first-order valence-electron chi connectivity index (χ1n) is 7.98. The number of carbonyl (C=O) groups excluding carboxylic acids is 1. The highest BCUT2D eigenvalue weighted by Crippen LogP contribution is 2.31. The second-order valence-electron chi connectivity index (χ2n) is 5.97. The number of hydrogen-bond donors (Lipinski definition) is 0. The molecule has 1 unspecified atom stereocenters. The van der Waals surface area contributed by atoms with Gasteiger partial charge in [-0.15, -0.1) is 0 Å². The lowest BCUT2D eigenvalue weighted by Gasteiger charge is -2.40. The number of nitrogens with zero attached hydrogens (tertiary/aromatic N) is 2. The third-order valence-electron chi connectivity index (χ3n) is 4.54. The summed E-state index contributed by atoms with van der Waals surface area (Å²) in [6.07, 6.45) is 0. The molecule has 0 aliphatic carbocycles. The van der Waals surface area contributed by atoms with Gasteiger partial charge in [-0.1, -0.05) is 30.3 Å². The van der Waals surface area contributed by atoms with Crippen LogP contribution in [0.5, 0.6) is 5.75 Å². The van der Waals surface area contributed by atoms with Crippen molar-refractivity contribution in [3.8, 4) is 5.75 Å². The van der Waals surface area contributed by atoms with Crippen LogP contribution >= 0.6 is 0 Å². The molecule has 1 saturated heterocycles. The summed E-state index contributed by atoms with van der Waals surface area (Å²) in [6, 6.07) is 14.0. The van der Waals surface area contributed by atoms with E-state index in [1.807, 2.05) is 31.3 Å². The first-order valence-corrected chi connectivity index (χ1v) is 7.98. The Labute approximate surface area is 141 Å². The zero-order chi connectivity index (χ0) is 17.1. The molecule has 2 aromatic carbocycles. The van der Waals surface area contributed by atoms with Crippen molar-refractivity contribution in [1.82, 2.24) is 9.80 Å². The van der Waals surface area contributed by atoms with E-state index in [4.69, 9.17) is 4.74 Å². The number of rotatable bonds is 3. The van der Waals surface area contributed by atoms with Crippen molar-refractivity contribution in [1.29, 1.82) is 0 Å². The Hall–Kier alpha value is -2.40. The summed E-state index contributed by atoms with van der Waals surface area (Å²) >= 11 is 0. The highest BCUT2D eigenvalue weighted by atomic mass is 19.1. The minimum Gasteiger partial charge on any atom is -0.496 e. The van der Waals surface area contributed by atoms with E-state index in [0.29, 0.717) is 13.1 Å². The summed E-state index contributed by atoms with van der Waals surface area (Å²) in [7, 11) is 3.67. The van der Waals surface area contributed by atoms with Crippen LogP contribution in [0.2, 0.25) is 0 Å². The molecule has 1 amide bonds. The van der Waals surface area contributed by atoms with Gasteiger partial charge in [-0.25, -0.2) is 4.39 Å². The molecule has 1 heterocycles. The third kappa shape index (κ3) is 3.12. The molecule has 0 radical (unpaired) electrons. The second kappa shape index (κ2) is 7.01. The molecule has 24 heavy (non-hydrogen) atoms. The minimum absolute atomic E-state index is 0.0191. The van der Waals surface area contributed by atoms with E-state index < -0.39 is 5.82 Å². The van der Waals surface area contributed by atoms with Crippen LogP contribution in [0.25, 0.3) is 0 Å². The monoisotopic (exact) mass is 328 g/mol. The van der Waals surface area contributed by atoms with Gasteiger partial charge in [-0.05, 0) is 25.2 Å². The van der Waals surface area contributed by atoms with Gasteiger partial charge in [-0.3, -0.25) is 9.69 Å². The van der Waals surface area contributed by atoms with Crippen LogP contribution in [0.1, 0.15) is 22.0 Å². The van der Waals surface area contributed by atoms with Crippen molar-refractivity contribution >= 4 is 5.91 Å². The lowest BCUT2D eigenvalue weighted by molar-refractivity contribution is 0.0538. The number of ether oxygens (including phenoxy) is 1. The summed E-state index contributed by atoms with van der Waals surface area (Å²) in [4.78, 5) is 16.6. The molecule has 2 aromatic rings. The topological polar surface area (TPSA) is 32.8 Å². The Bertz CT molecular complexity index is 735. The molecule has 1 atom stereocenters. The Kier molecular flexibility index (Phi) is 4.81. The Morgan fingerprint density at radius 2 is 1.83 bits per heavy atom. The molecule has 0 bridgehead atoms. The number of halogens is 1. The average molecular weight is 328 g/mol. The van der Waals surface area contributed by atoms with Gasteiger partial charge in [0.25, 0.3) is 5.91 Å². The summed E-state index contributed by atoms with van der Waals surface area (Å²) < 4.78 is 19.4. The third-order valence-corrected chi connectivity index (χ3v) is 4.54. The predicted octanol–water partition coefficient (Wildman–Crippen LogP) is 2.96. The smallest absolute Gasteiger partial charge is 0.256 e. The maximum atomic E-state index is 13.9. The molecule has 1 aliphatic rings. The van der Waals surface area contributed by atoms with Gasteiger partial charge in [0.05, 0.1) is 18.7 Å². The van der Waals surface area contributed by atoms with Crippen molar-refractivity contribution in [3.05, 3.63) is 65.5 Å². The fourth-order valence-electron chi connectivity index (χ4n) is 3.14. The summed E-state index contributed by atoms with van der Waals surface area (Å²) in [5.41, 5.74) is 1.16. The van der Waals surface area contributed by atoms with Crippen molar-refractivity contribution < 1.29 is 13.9 Å². The average Bonchev–Trinajstić information content (AvgIpc) is 2.62. The maximum Gasteiger partial charge on any atom is 0.256 e. The zero-order valence-corrected chi connectivity index (χ0v) is 13.9.